The van der Waals surface area contributed by atoms with Gasteiger partial charge in [0, 0.05) is 31.3 Å². The molecule has 0 radical (unpaired) electrons. The maximum atomic E-state index is 5.62. The summed E-state index contributed by atoms with van der Waals surface area (Å²) in [7, 11) is 0. The van der Waals surface area contributed by atoms with E-state index in [-0.39, 0.29) is 0 Å². The van der Waals surface area contributed by atoms with Gasteiger partial charge in [-0.25, -0.2) is 0 Å². The first-order chi connectivity index (χ1) is 9.14. The van der Waals surface area contributed by atoms with Crippen LogP contribution in [0.15, 0.2) is 0 Å². The van der Waals surface area contributed by atoms with Crippen molar-refractivity contribution in [2.45, 2.75) is 64.5 Å². The van der Waals surface area contributed by atoms with Crippen LogP contribution in [0.25, 0.3) is 0 Å². The van der Waals surface area contributed by atoms with Crippen molar-refractivity contribution in [2.24, 2.45) is 5.92 Å². The predicted molar refractivity (Wildman–Crippen MR) is 80.5 cm³/mol. The Morgan fingerprint density at radius 2 is 1.68 bits per heavy atom. The molecule has 0 saturated carbocycles. The maximum Gasteiger partial charge on any atom is 0.0484 e. The molecule has 2 saturated heterocycles. The van der Waals surface area contributed by atoms with Crippen molar-refractivity contribution in [3.8, 4) is 0 Å². The highest BCUT2D eigenvalue weighted by Crippen LogP contribution is 2.30. The van der Waals surface area contributed by atoms with Crippen LogP contribution in [0.4, 0.5) is 0 Å². The lowest BCUT2D eigenvalue weighted by Gasteiger charge is -2.48. The first kappa shape index (κ1) is 15.3. The monoisotopic (exact) mass is 268 g/mol. The molecule has 2 rings (SSSR count). The van der Waals surface area contributed by atoms with Gasteiger partial charge in [0.1, 0.15) is 0 Å². The van der Waals surface area contributed by atoms with E-state index in [0.717, 1.165) is 19.8 Å². The fourth-order valence-corrected chi connectivity index (χ4v) is 3.31. The second-order valence-electron chi connectivity index (χ2n) is 6.80. The van der Waals surface area contributed by atoms with Crippen LogP contribution in [0.3, 0.4) is 0 Å². The highest BCUT2D eigenvalue weighted by molar-refractivity contribution is 4.96. The average Bonchev–Trinajstić information content (AvgIpc) is 2.46. The molecule has 1 atom stereocenters. The Bertz CT molecular complexity index is 255. The summed E-state index contributed by atoms with van der Waals surface area (Å²) in [4.78, 5) is 2.76. The molecule has 0 aromatic carbocycles. The lowest BCUT2D eigenvalue weighted by atomic mass is 9.85. The zero-order chi connectivity index (χ0) is 13.7. The summed E-state index contributed by atoms with van der Waals surface area (Å²) in [6.07, 6.45) is 6.57. The van der Waals surface area contributed by atoms with Gasteiger partial charge < -0.3 is 10.1 Å². The highest BCUT2D eigenvalue weighted by Gasteiger charge is 2.38. The summed E-state index contributed by atoms with van der Waals surface area (Å²) >= 11 is 0. The van der Waals surface area contributed by atoms with E-state index in [1.54, 1.807) is 0 Å². The van der Waals surface area contributed by atoms with Gasteiger partial charge in [0.2, 0.25) is 0 Å². The van der Waals surface area contributed by atoms with Crippen LogP contribution in [-0.2, 0) is 4.74 Å². The van der Waals surface area contributed by atoms with Crippen LogP contribution in [0.5, 0.6) is 0 Å². The molecule has 3 nitrogen and oxygen atoms in total. The molecule has 0 unspecified atom stereocenters. The number of hydrogen-bond donors (Lipinski definition) is 1. The Morgan fingerprint density at radius 1 is 1.05 bits per heavy atom. The first-order valence-electron chi connectivity index (χ1n) is 8.20. The number of nitrogens with zero attached hydrogens (tertiary/aromatic N) is 1. The molecule has 2 aliphatic rings. The molecule has 2 heterocycles. The number of hydrogen-bond acceptors (Lipinski definition) is 3. The molecular formula is C16H32N2O. The largest absolute Gasteiger partial charge is 0.381 e. The van der Waals surface area contributed by atoms with Crippen molar-refractivity contribution in [1.82, 2.24) is 10.2 Å². The number of nitrogens with one attached hydrogen (secondary N) is 1. The number of rotatable bonds is 5. The Morgan fingerprint density at radius 3 is 2.26 bits per heavy atom. The smallest absolute Gasteiger partial charge is 0.0484 e. The fourth-order valence-electron chi connectivity index (χ4n) is 3.31. The fraction of sp³-hybridized carbons (Fsp3) is 1.00. The van der Waals surface area contributed by atoms with Crippen LogP contribution < -0.4 is 5.32 Å². The summed E-state index contributed by atoms with van der Waals surface area (Å²) < 4.78 is 5.62. The Kier molecular flexibility index (Phi) is 5.67. The van der Waals surface area contributed by atoms with E-state index in [0.29, 0.717) is 17.5 Å². The minimum atomic E-state index is 0.363. The number of likely N-dealkylation sites (tertiary alicyclic amines) is 1. The van der Waals surface area contributed by atoms with Gasteiger partial charge in [-0.2, -0.15) is 0 Å². The van der Waals surface area contributed by atoms with Crippen molar-refractivity contribution in [1.29, 1.82) is 0 Å². The molecule has 1 N–H and O–H groups in total. The minimum absolute atomic E-state index is 0.363. The molecule has 0 aliphatic carbocycles. The number of ether oxygens (including phenoxy) is 1. The van der Waals surface area contributed by atoms with Crippen molar-refractivity contribution in [3.63, 3.8) is 0 Å². The molecule has 0 aromatic rings. The predicted octanol–water partition coefficient (Wildman–Crippen LogP) is 2.66. The Labute approximate surface area is 119 Å². The summed E-state index contributed by atoms with van der Waals surface area (Å²) in [5.74, 6) is 0.707. The van der Waals surface area contributed by atoms with Gasteiger partial charge in [-0.1, -0.05) is 20.3 Å². The van der Waals surface area contributed by atoms with Crippen LogP contribution in [0, 0.1) is 5.92 Å². The van der Waals surface area contributed by atoms with Gasteiger partial charge in [0.05, 0.1) is 0 Å². The molecule has 2 fully saturated rings. The van der Waals surface area contributed by atoms with E-state index >= 15 is 0 Å². The highest BCUT2D eigenvalue weighted by atomic mass is 16.5. The zero-order valence-electron chi connectivity index (χ0n) is 13.1. The third kappa shape index (κ3) is 3.93. The lowest BCUT2D eigenvalue weighted by Crippen LogP contribution is -2.60. The van der Waals surface area contributed by atoms with Crippen molar-refractivity contribution in [3.05, 3.63) is 0 Å². The van der Waals surface area contributed by atoms with Gasteiger partial charge in [0.15, 0.2) is 0 Å². The molecular weight excluding hydrogens is 236 g/mol. The van der Waals surface area contributed by atoms with Crippen molar-refractivity contribution < 1.29 is 4.74 Å². The topological polar surface area (TPSA) is 24.5 Å². The van der Waals surface area contributed by atoms with Crippen molar-refractivity contribution in [2.75, 3.05) is 32.8 Å². The summed E-state index contributed by atoms with van der Waals surface area (Å²) in [5.41, 5.74) is 0.363. The molecule has 3 heteroatoms. The van der Waals surface area contributed by atoms with E-state index in [1.165, 1.54) is 45.2 Å². The molecule has 0 spiro atoms. The van der Waals surface area contributed by atoms with E-state index in [4.69, 9.17) is 4.74 Å². The molecule has 2 aliphatic heterocycles. The van der Waals surface area contributed by atoms with Gasteiger partial charge in [0.25, 0.3) is 0 Å². The molecule has 0 bridgehead atoms. The summed E-state index contributed by atoms with van der Waals surface area (Å²) in [6.45, 7) is 12.5. The maximum absolute atomic E-state index is 5.62. The normalized spacial score (nSPS) is 26.5. The van der Waals surface area contributed by atoms with E-state index in [9.17, 15) is 0 Å². The summed E-state index contributed by atoms with van der Waals surface area (Å²) in [5, 5.41) is 3.79. The van der Waals surface area contributed by atoms with Crippen LogP contribution in [0.1, 0.15) is 52.9 Å². The second kappa shape index (κ2) is 7.05. The standard InChI is InChI=1S/C16H32N2O/c1-14(2)15(3)17-13-16(7-11-19-12-8-16)18-9-5-4-6-10-18/h14-15,17H,4-13H2,1-3H3/t15-/m0/s1. The number of piperidine rings is 1. The SMILES string of the molecule is CC(C)[C@H](C)NCC1(N2CCCCC2)CCOCC1. The van der Waals surface area contributed by atoms with Crippen molar-refractivity contribution >= 4 is 0 Å². The van der Waals surface area contributed by atoms with E-state index in [2.05, 4.69) is 31.0 Å². The third-order valence-electron chi connectivity index (χ3n) is 5.20. The van der Waals surface area contributed by atoms with Crippen LogP contribution in [0.2, 0.25) is 0 Å². The van der Waals surface area contributed by atoms with E-state index in [1.807, 2.05) is 0 Å². The van der Waals surface area contributed by atoms with Gasteiger partial charge >= 0.3 is 0 Å². The second-order valence-corrected chi connectivity index (χ2v) is 6.80. The molecule has 0 aromatic heterocycles. The van der Waals surface area contributed by atoms with Gasteiger partial charge in [-0.3, -0.25) is 4.90 Å². The van der Waals surface area contributed by atoms with Crippen LogP contribution in [-0.4, -0.2) is 49.3 Å². The Balaban J connectivity index is 1.97. The molecule has 112 valence electrons. The summed E-state index contributed by atoms with van der Waals surface area (Å²) in [6, 6.07) is 0.601. The van der Waals surface area contributed by atoms with Gasteiger partial charge in [-0.05, 0) is 51.6 Å². The van der Waals surface area contributed by atoms with Crippen LogP contribution >= 0.6 is 0 Å². The average molecular weight is 268 g/mol. The minimum Gasteiger partial charge on any atom is -0.381 e. The quantitative estimate of drug-likeness (QED) is 0.829. The first-order valence-corrected chi connectivity index (χ1v) is 8.20. The molecule has 0 amide bonds. The van der Waals surface area contributed by atoms with E-state index < -0.39 is 0 Å². The van der Waals surface area contributed by atoms with Gasteiger partial charge in [-0.15, -0.1) is 0 Å². The Hall–Kier alpha value is -0.120. The molecule has 19 heavy (non-hydrogen) atoms. The zero-order valence-corrected chi connectivity index (χ0v) is 13.1. The third-order valence-corrected chi connectivity index (χ3v) is 5.20. The lowest BCUT2D eigenvalue weighted by molar-refractivity contribution is -0.0371.